The number of furan rings is 2. The molecule has 0 atom stereocenters. The van der Waals surface area contributed by atoms with Crippen molar-refractivity contribution in [1.29, 1.82) is 0 Å². The van der Waals surface area contributed by atoms with Crippen LogP contribution in [0.15, 0.2) is 130 Å². The van der Waals surface area contributed by atoms with E-state index >= 15 is 0 Å². The Bertz CT molecular complexity index is 3450. The zero-order chi connectivity index (χ0) is 40.5. The number of aromatic nitrogens is 1. The molecule has 0 N–H and O–H groups in total. The van der Waals surface area contributed by atoms with Crippen molar-refractivity contribution < 1.29 is 8.83 Å². The monoisotopic (exact) mass is 766 g/mol. The molecule has 2 aliphatic rings. The number of fused-ring (bicyclic) bond motifs is 17. The summed E-state index contributed by atoms with van der Waals surface area (Å²) in [6.07, 6.45) is 0. The predicted molar refractivity (Wildman–Crippen MR) is 250 cm³/mol. The third-order valence-electron chi connectivity index (χ3n) is 13.4. The zero-order valence-corrected chi connectivity index (χ0v) is 35.3. The Morgan fingerprint density at radius 3 is 1.76 bits per heavy atom. The van der Waals surface area contributed by atoms with Gasteiger partial charge in [0.2, 0.25) is 0 Å². The second-order valence-corrected chi connectivity index (χ2v) is 20.2. The molecule has 10 aromatic rings. The fourth-order valence-corrected chi connectivity index (χ4v) is 10.4. The minimum Gasteiger partial charge on any atom is -0.456 e. The van der Waals surface area contributed by atoms with Crippen LogP contribution in [0.4, 0.5) is 11.4 Å². The van der Waals surface area contributed by atoms with Gasteiger partial charge in [-0.1, -0.05) is 129 Å². The standard InChI is InChI=1S/C54H47BN2O2/c1-52(2,3)30-18-22-33(23-19-30)57-38-24-20-31(53(4,5)6)28-36(38)46-49-50-48(45-35-15-11-13-17-42(35)59-51(45)46)47-40(26-27-43-44(47)34-14-10-12-16-41(34)58-43)56(50)39-25-21-32(54(7,8)9)29-37(39)55(49)57/h10-29H,1-9H3. The Kier molecular flexibility index (Phi) is 6.66. The lowest BCUT2D eigenvalue weighted by molar-refractivity contribution is 0.590. The van der Waals surface area contributed by atoms with Crippen LogP contribution in [0.2, 0.25) is 0 Å². The molecule has 0 saturated heterocycles. The van der Waals surface area contributed by atoms with Gasteiger partial charge in [0.25, 0.3) is 0 Å². The maximum atomic E-state index is 7.26. The molecule has 0 bridgehead atoms. The van der Waals surface area contributed by atoms with Gasteiger partial charge in [-0.3, -0.25) is 0 Å². The maximum absolute atomic E-state index is 7.26. The van der Waals surface area contributed by atoms with Gasteiger partial charge < -0.3 is 18.2 Å². The van der Waals surface area contributed by atoms with Crippen LogP contribution >= 0.6 is 0 Å². The lowest BCUT2D eigenvalue weighted by atomic mass is 9.43. The summed E-state index contributed by atoms with van der Waals surface area (Å²) in [7, 11) is 0. The van der Waals surface area contributed by atoms with E-state index in [1.807, 2.05) is 0 Å². The number of hydrogen-bond acceptors (Lipinski definition) is 3. The van der Waals surface area contributed by atoms with E-state index in [0.717, 1.165) is 38.5 Å². The Balaban J connectivity index is 1.36. The third kappa shape index (κ3) is 4.62. The molecule has 288 valence electrons. The van der Waals surface area contributed by atoms with Gasteiger partial charge >= 0.3 is 6.85 Å². The van der Waals surface area contributed by atoms with Gasteiger partial charge in [0.05, 0.1) is 11.0 Å². The third-order valence-corrected chi connectivity index (χ3v) is 13.4. The molecule has 0 fully saturated rings. The predicted octanol–water partition coefficient (Wildman–Crippen LogP) is 13.7. The van der Waals surface area contributed by atoms with Crippen molar-refractivity contribution in [3.8, 4) is 16.8 Å². The fourth-order valence-electron chi connectivity index (χ4n) is 10.4. The van der Waals surface area contributed by atoms with E-state index in [-0.39, 0.29) is 23.1 Å². The van der Waals surface area contributed by atoms with Crippen molar-refractivity contribution in [1.82, 2.24) is 4.57 Å². The van der Waals surface area contributed by atoms with Crippen LogP contribution in [0.1, 0.15) is 79.0 Å². The summed E-state index contributed by atoms with van der Waals surface area (Å²) in [6, 6.07) is 45.4. The van der Waals surface area contributed by atoms with Crippen molar-refractivity contribution in [3.63, 3.8) is 0 Å². The molecule has 0 amide bonds. The number of benzene rings is 7. The fraction of sp³-hybridized carbons (Fsp3) is 0.222. The maximum Gasteiger partial charge on any atom is 0.333 e. The van der Waals surface area contributed by atoms with Gasteiger partial charge in [0, 0.05) is 60.5 Å². The summed E-state index contributed by atoms with van der Waals surface area (Å²) in [5, 5.41) is 7.02. The van der Waals surface area contributed by atoms with E-state index in [9.17, 15) is 0 Å². The second-order valence-electron chi connectivity index (χ2n) is 20.2. The minimum atomic E-state index is -0.135. The Hall–Kier alpha value is -6.20. The minimum absolute atomic E-state index is 0.0359. The first-order chi connectivity index (χ1) is 28.2. The lowest BCUT2D eigenvalue weighted by Gasteiger charge is -2.43. The first-order valence-corrected chi connectivity index (χ1v) is 21.1. The highest BCUT2D eigenvalue weighted by molar-refractivity contribution is 6.94. The molecule has 0 radical (unpaired) electrons. The van der Waals surface area contributed by atoms with Gasteiger partial charge in [-0.05, 0) is 98.5 Å². The van der Waals surface area contributed by atoms with Crippen molar-refractivity contribution in [2.24, 2.45) is 0 Å². The van der Waals surface area contributed by atoms with Gasteiger partial charge in [-0.25, -0.2) is 0 Å². The SMILES string of the molecule is CC(C)(C)c1ccc(N2B3c4cc(C(C)(C)C)ccc4-n4c5ccc6oc7ccccc7c6c5c5c6c(oc7ccccc76)c(c3c54)-c3cc(C(C)(C)C)ccc32)cc1. The van der Waals surface area contributed by atoms with E-state index in [1.54, 1.807) is 0 Å². The highest BCUT2D eigenvalue weighted by Crippen LogP contribution is 2.53. The summed E-state index contributed by atoms with van der Waals surface area (Å²) in [5.74, 6) is 0. The van der Waals surface area contributed by atoms with Crippen molar-refractivity contribution in [2.75, 3.05) is 4.81 Å². The van der Waals surface area contributed by atoms with Crippen LogP contribution < -0.4 is 15.7 Å². The molecule has 0 saturated carbocycles. The Labute approximate surface area is 345 Å². The molecule has 5 heterocycles. The van der Waals surface area contributed by atoms with Crippen LogP contribution in [0.5, 0.6) is 0 Å². The molecule has 0 aliphatic carbocycles. The largest absolute Gasteiger partial charge is 0.456 e. The molecular weight excluding hydrogens is 719 g/mol. The molecule has 2 aliphatic heterocycles. The van der Waals surface area contributed by atoms with Gasteiger partial charge in [-0.2, -0.15) is 0 Å². The molecule has 7 aromatic carbocycles. The van der Waals surface area contributed by atoms with Crippen LogP contribution in [-0.4, -0.2) is 11.4 Å². The van der Waals surface area contributed by atoms with Crippen molar-refractivity contribution in [3.05, 3.63) is 138 Å². The highest BCUT2D eigenvalue weighted by Gasteiger charge is 2.47. The van der Waals surface area contributed by atoms with Crippen LogP contribution in [0, 0.1) is 0 Å². The summed E-state index contributed by atoms with van der Waals surface area (Å²) < 4.78 is 16.5. The molecule has 59 heavy (non-hydrogen) atoms. The van der Waals surface area contributed by atoms with Gasteiger partial charge in [0.15, 0.2) is 0 Å². The van der Waals surface area contributed by atoms with E-state index in [4.69, 9.17) is 8.83 Å². The van der Waals surface area contributed by atoms with E-state index in [2.05, 4.69) is 193 Å². The number of nitrogens with zero attached hydrogens (tertiary/aromatic N) is 2. The van der Waals surface area contributed by atoms with Gasteiger partial charge in [0.1, 0.15) is 22.3 Å². The van der Waals surface area contributed by atoms with Crippen LogP contribution in [-0.2, 0) is 16.2 Å². The molecule has 3 aromatic heterocycles. The van der Waals surface area contributed by atoms with E-state index < -0.39 is 0 Å². The van der Waals surface area contributed by atoms with E-state index in [0.29, 0.717) is 0 Å². The van der Waals surface area contributed by atoms with Crippen molar-refractivity contribution >= 4 is 94.8 Å². The average molecular weight is 767 g/mol. The highest BCUT2D eigenvalue weighted by atomic mass is 16.3. The number of hydrogen-bond donors (Lipinski definition) is 0. The smallest absolute Gasteiger partial charge is 0.333 e. The van der Waals surface area contributed by atoms with Gasteiger partial charge in [-0.15, -0.1) is 0 Å². The normalized spacial score (nSPS) is 14.1. The average Bonchev–Trinajstić information content (AvgIpc) is 3.88. The molecule has 12 rings (SSSR count). The second kappa shape index (κ2) is 11.3. The summed E-state index contributed by atoms with van der Waals surface area (Å²) in [4.78, 5) is 2.64. The molecule has 0 unspecified atom stereocenters. The molecular formula is C54H47BN2O2. The van der Waals surface area contributed by atoms with Crippen molar-refractivity contribution in [2.45, 2.75) is 78.6 Å². The number of rotatable bonds is 1. The Morgan fingerprint density at radius 2 is 1.08 bits per heavy atom. The lowest BCUT2D eigenvalue weighted by Crippen LogP contribution is -2.60. The molecule has 5 heteroatoms. The quantitative estimate of drug-likeness (QED) is 0.156. The summed E-state index contributed by atoms with van der Waals surface area (Å²) in [6.45, 7) is 20.7. The first-order valence-electron chi connectivity index (χ1n) is 21.1. The number of para-hydroxylation sites is 2. The van der Waals surface area contributed by atoms with E-state index in [1.165, 1.54) is 83.0 Å². The molecule has 4 nitrogen and oxygen atoms in total. The summed E-state index contributed by atoms with van der Waals surface area (Å²) in [5.41, 5.74) is 18.5. The summed E-state index contributed by atoms with van der Waals surface area (Å²) >= 11 is 0. The topological polar surface area (TPSA) is 34.5 Å². The first kappa shape index (κ1) is 34.8. The van der Waals surface area contributed by atoms with Crippen LogP contribution in [0.25, 0.3) is 82.5 Å². The Morgan fingerprint density at radius 1 is 0.492 bits per heavy atom. The zero-order valence-electron chi connectivity index (χ0n) is 35.3. The number of anilines is 2. The molecule has 0 spiro atoms. The van der Waals surface area contributed by atoms with Crippen LogP contribution in [0.3, 0.4) is 0 Å².